The molecule has 0 radical (unpaired) electrons. The van der Waals surface area contributed by atoms with Gasteiger partial charge in [0.05, 0.1) is 0 Å². The molecule has 0 atom stereocenters. The van der Waals surface area contributed by atoms with Gasteiger partial charge in [0.25, 0.3) is 0 Å². The molecule has 1 heterocycles. The number of rotatable bonds is 3. The second kappa shape index (κ2) is 3.91. The molecule has 3 heteroatoms. The highest BCUT2D eigenvalue weighted by atomic mass is 15.1. The molecule has 0 saturated heterocycles. The first kappa shape index (κ1) is 7.98. The summed E-state index contributed by atoms with van der Waals surface area (Å²) in [7, 11) is 0. The molecule has 0 aliphatic carbocycles. The maximum atomic E-state index is 4.12. The molecule has 0 amide bonds. The van der Waals surface area contributed by atoms with Crippen molar-refractivity contribution in [1.29, 1.82) is 0 Å². The van der Waals surface area contributed by atoms with Gasteiger partial charge in [0, 0.05) is 18.9 Å². The third kappa shape index (κ3) is 2.18. The van der Waals surface area contributed by atoms with E-state index in [1.807, 2.05) is 19.3 Å². The van der Waals surface area contributed by atoms with Crippen LogP contribution in [0.15, 0.2) is 12.4 Å². The summed E-state index contributed by atoms with van der Waals surface area (Å²) in [6.45, 7) is 4.98. The molecule has 1 aromatic heterocycles. The van der Waals surface area contributed by atoms with Crippen LogP contribution in [-0.4, -0.2) is 16.5 Å². The van der Waals surface area contributed by atoms with Crippen molar-refractivity contribution in [3.05, 3.63) is 18.0 Å². The van der Waals surface area contributed by atoms with E-state index in [1.54, 1.807) is 0 Å². The van der Waals surface area contributed by atoms with Crippen LogP contribution >= 0.6 is 0 Å². The van der Waals surface area contributed by atoms with E-state index < -0.39 is 0 Å². The number of anilines is 1. The summed E-state index contributed by atoms with van der Waals surface area (Å²) in [6.07, 6.45) is 4.70. The summed E-state index contributed by atoms with van der Waals surface area (Å²) in [5, 5.41) is 3.04. The average Bonchev–Trinajstić information content (AvgIpc) is 2.07. The summed E-state index contributed by atoms with van der Waals surface area (Å²) in [4.78, 5) is 8.23. The van der Waals surface area contributed by atoms with Gasteiger partial charge in [-0.15, -0.1) is 0 Å². The summed E-state index contributed by atoms with van der Waals surface area (Å²) in [5.74, 6) is 0.713. The lowest BCUT2D eigenvalue weighted by Crippen LogP contribution is -2.01. The van der Waals surface area contributed by atoms with Crippen LogP contribution in [0.1, 0.15) is 19.4 Å². The molecule has 0 aliphatic heterocycles. The average molecular weight is 151 g/mol. The summed E-state index contributed by atoms with van der Waals surface area (Å²) >= 11 is 0. The molecule has 3 nitrogen and oxygen atoms in total. The molecular formula is C8H13N3. The molecule has 0 unspecified atom stereocenters. The first-order chi connectivity index (χ1) is 5.36. The first-order valence-electron chi connectivity index (χ1n) is 3.91. The van der Waals surface area contributed by atoms with Crippen molar-refractivity contribution in [3.63, 3.8) is 0 Å². The molecule has 0 aromatic carbocycles. The van der Waals surface area contributed by atoms with E-state index in [9.17, 15) is 0 Å². The molecule has 0 spiro atoms. The van der Waals surface area contributed by atoms with Crippen LogP contribution < -0.4 is 5.32 Å². The van der Waals surface area contributed by atoms with E-state index in [2.05, 4.69) is 22.2 Å². The summed E-state index contributed by atoms with van der Waals surface area (Å²) < 4.78 is 0. The highest BCUT2D eigenvalue weighted by molar-refractivity contribution is 5.23. The van der Waals surface area contributed by atoms with Gasteiger partial charge in [-0.1, -0.05) is 6.92 Å². The first-order valence-corrected chi connectivity index (χ1v) is 3.91. The summed E-state index contributed by atoms with van der Waals surface area (Å²) in [6, 6.07) is 0. The number of aromatic nitrogens is 2. The number of hydrogen-bond acceptors (Lipinski definition) is 3. The molecule has 0 aliphatic rings. The zero-order valence-electron chi connectivity index (χ0n) is 6.96. The Balaban J connectivity index is 2.66. The molecule has 1 N–H and O–H groups in total. The fourth-order valence-electron chi connectivity index (χ4n) is 0.787. The van der Waals surface area contributed by atoms with E-state index >= 15 is 0 Å². The number of aryl methyl sites for hydroxylation is 1. The molecule has 1 rings (SSSR count). The van der Waals surface area contributed by atoms with Crippen molar-refractivity contribution in [2.75, 3.05) is 11.9 Å². The third-order valence-electron chi connectivity index (χ3n) is 1.45. The van der Waals surface area contributed by atoms with Gasteiger partial charge in [0.15, 0.2) is 0 Å². The topological polar surface area (TPSA) is 37.8 Å². The highest BCUT2D eigenvalue weighted by Gasteiger charge is 1.92. The molecular weight excluding hydrogens is 138 g/mol. The Bertz CT molecular complexity index is 205. The van der Waals surface area contributed by atoms with Gasteiger partial charge in [-0.2, -0.15) is 0 Å². The standard InChI is InChI=1S/C8H13N3/c1-3-7-5-10-8(9-4-2)11-6-7/h5-6H,3-4H2,1-2H3,(H,9,10,11). The van der Waals surface area contributed by atoms with Crippen LogP contribution in [0, 0.1) is 0 Å². The highest BCUT2D eigenvalue weighted by Crippen LogP contribution is 1.99. The Labute approximate surface area is 66.9 Å². The van der Waals surface area contributed by atoms with Crippen molar-refractivity contribution < 1.29 is 0 Å². The SMILES string of the molecule is CCNc1ncc(CC)cn1. The Morgan fingerprint density at radius 3 is 2.36 bits per heavy atom. The minimum atomic E-state index is 0.713. The monoisotopic (exact) mass is 151 g/mol. The van der Waals surface area contributed by atoms with Gasteiger partial charge in [0.1, 0.15) is 0 Å². The van der Waals surface area contributed by atoms with E-state index in [0.717, 1.165) is 13.0 Å². The van der Waals surface area contributed by atoms with Crippen LogP contribution in [0.2, 0.25) is 0 Å². The van der Waals surface area contributed by atoms with Gasteiger partial charge >= 0.3 is 0 Å². The predicted molar refractivity (Wildman–Crippen MR) is 45.6 cm³/mol. The Kier molecular flexibility index (Phi) is 2.83. The Hall–Kier alpha value is -1.12. The minimum Gasteiger partial charge on any atom is -0.355 e. The lowest BCUT2D eigenvalue weighted by molar-refractivity contribution is 1.02. The van der Waals surface area contributed by atoms with E-state index in [4.69, 9.17) is 0 Å². The second-order valence-electron chi connectivity index (χ2n) is 2.30. The fourth-order valence-corrected chi connectivity index (χ4v) is 0.787. The van der Waals surface area contributed by atoms with Gasteiger partial charge in [0.2, 0.25) is 5.95 Å². The van der Waals surface area contributed by atoms with E-state index in [0.29, 0.717) is 5.95 Å². The van der Waals surface area contributed by atoms with Crippen molar-refractivity contribution in [3.8, 4) is 0 Å². The molecule has 1 aromatic rings. The van der Waals surface area contributed by atoms with E-state index in [-0.39, 0.29) is 0 Å². The molecule has 0 bridgehead atoms. The number of nitrogens with one attached hydrogen (secondary N) is 1. The molecule has 0 fully saturated rings. The lowest BCUT2D eigenvalue weighted by atomic mass is 10.3. The lowest BCUT2D eigenvalue weighted by Gasteiger charge is -2.00. The molecule has 11 heavy (non-hydrogen) atoms. The zero-order chi connectivity index (χ0) is 8.10. The van der Waals surface area contributed by atoms with Crippen molar-refractivity contribution in [2.24, 2.45) is 0 Å². The quantitative estimate of drug-likeness (QED) is 0.710. The normalized spacial score (nSPS) is 9.64. The van der Waals surface area contributed by atoms with Crippen molar-refractivity contribution >= 4 is 5.95 Å². The van der Waals surface area contributed by atoms with Gasteiger partial charge < -0.3 is 5.32 Å². The van der Waals surface area contributed by atoms with E-state index in [1.165, 1.54) is 5.56 Å². The van der Waals surface area contributed by atoms with Crippen LogP contribution in [0.4, 0.5) is 5.95 Å². The Morgan fingerprint density at radius 1 is 1.27 bits per heavy atom. The van der Waals surface area contributed by atoms with Gasteiger partial charge in [-0.05, 0) is 18.9 Å². The van der Waals surface area contributed by atoms with Crippen LogP contribution in [-0.2, 0) is 6.42 Å². The maximum absolute atomic E-state index is 4.12. The summed E-state index contributed by atoms with van der Waals surface area (Å²) in [5.41, 5.74) is 1.17. The second-order valence-corrected chi connectivity index (χ2v) is 2.30. The molecule has 60 valence electrons. The van der Waals surface area contributed by atoms with Crippen LogP contribution in [0.5, 0.6) is 0 Å². The minimum absolute atomic E-state index is 0.713. The van der Waals surface area contributed by atoms with Crippen molar-refractivity contribution in [1.82, 2.24) is 9.97 Å². The molecule has 0 saturated carbocycles. The van der Waals surface area contributed by atoms with Crippen molar-refractivity contribution in [2.45, 2.75) is 20.3 Å². The number of hydrogen-bond donors (Lipinski definition) is 1. The fraction of sp³-hybridized carbons (Fsp3) is 0.500. The predicted octanol–water partition coefficient (Wildman–Crippen LogP) is 1.47. The van der Waals surface area contributed by atoms with Gasteiger partial charge in [-0.25, -0.2) is 9.97 Å². The van der Waals surface area contributed by atoms with Crippen LogP contribution in [0.3, 0.4) is 0 Å². The third-order valence-corrected chi connectivity index (χ3v) is 1.45. The smallest absolute Gasteiger partial charge is 0.222 e. The zero-order valence-corrected chi connectivity index (χ0v) is 6.96. The largest absolute Gasteiger partial charge is 0.355 e. The van der Waals surface area contributed by atoms with Crippen LogP contribution in [0.25, 0.3) is 0 Å². The number of nitrogens with zero attached hydrogens (tertiary/aromatic N) is 2. The maximum Gasteiger partial charge on any atom is 0.222 e. The Morgan fingerprint density at radius 2 is 1.91 bits per heavy atom. The van der Waals surface area contributed by atoms with Gasteiger partial charge in [-0.3, -0.25) is 0 Å².